The van der Waals surface area contributed by atoms with Crippen molar-refractivity contribution in [1.29, 1.82) is 0 Å². The summed E-state index contributed by atoms with van der Waals surface area (Å²) in [6.45, 7) is 10.1. The predicted octanol–water partition coefficient (Wildman–Crippen LogP) is 5.05. The fraction of sp³-hybridized carbons (Fsp3) is 0.444. The van der Waals surface area contributed by atoms with E-state index in [0.29, 0.717) is 24.2 Å². The topological polar surface area (TPSA) is 76.2 Å². The minimum Gasteiger partial charge on any atom is -0.465 e. The molecule has 1 fully saturated rings. The second kappa shape index (κ2) is 8.46. The number of rotatable bonds is 3. The van der Waals surface area contributed by atoms with Crippen LogP contribution < -0.4 is 4.90 Å². The molecule has 2 aliphatic heterocycles. The molecule has 2 heterocycles. The third-order valence-corrected chi connectivity index (χ3v) is 6.60. The Morgan fingerprint density at radius 2 is 1.71 bits per heavy atom. The van der Waals surface area contributed by atoms with Gasteiger partial charge in [-0.15, -0.1) is 0 Å². The van der Waals surface area contributed by atoms with Crippen LogP contribution in [0.2, 0.25) is 0 Å². The van der Waals surface area contributed by atoms with Crippen LogP contribution >= 0.6 is 0 Å². The lowest BCUT2D eigenvalue weighted by molar-refractivity contribution is -0.123. The fourth-order valence-corrected chi connectivity index (χ4v) is 5.42. The lowest BCUT2D eigenvalue weighted by Gasteiger charge is -2.37. The smallest absolute Gasteiger partial charge is 0.410 e. The first-order chi connectivity index (χ1) is 16.0. The Morgan fingerprint density at radius 3 is 2.29 bits per heavy atom. The van der Waals surface area contributed by atoms with Crippen LogP contribution in [0.25, 0.3) is 0 Å². The zero-order valence-corrected chi connectivity index (χ0v) is 20.6. The number of amides is 2. The fourth-order valence-electron chi connectivity index (χ4n) is 5.42. The second-order valence-corrected chi connectivity index (χ2v) is 10.3. The van der Waals surface area contributed by atoms with E-state index < -0.39 is 23.1 Å². The quantitative estimate of drug-likeness (QED) is 0.594. The van der Waals surface area contributed by atoms with Crippen molar-refractivity contribution in [2.45, 2.75) is 58.1 Å². The normalized spacial score (nSPS) is 21.9. The molecule has 0 aliphatic carbocycles. The number of likely N-dealkylation sites (tertiary alicyclic amines) is 1. The number of methoxy groups -OCH3 is 1. The van der Waals surface area contributed by atoms with Crippen LogP contribution in [0.4, 0.5) is 16.2 Å². The van der Waals surface area contributed by atoms with Crippen LogP contribution in [0.15, 0.2) is 48.5 Å². The van der Waals surface area contributed by atoms with Gasteiger partial charge in [0.25, 0.3) is 0 Å². The zero-order chi connectivity index (χ0) is 24.8. The minimum absolute atomic E-state index is 0.0219. The maximum Gasteiger partial charge on any atom is 0.410 e. The van der Waals surface area contributed by atoms with E-state index in [1.165, 1.54) is 7.11 Å². The van der Waals surface area contributed by atoms with E-state index in [4.69, 9.17) is 9.47 Å². The molecule has 0 bridgehead atoms. The second-order valence-electron chi connectivity index (χ2n) is 10.3. The number of anilines is 2. The van der Waals surface area contributed by atoms with E-state index >= 15 is 0 Å². The van der Waals surface area contributed by atoms with Crippen molar-refractivity contribution >= 4 is 29.3 Å². The molecule has 34 heavy (non-hydrogen) atoms. The number of nitrogens with zero attached hydrogens (tertiary/aromatic N) is 2. The van der Waals surface area contributed by atoms with Gasteiger partial charge in [-0.05, 0) is 69.0 Å². The van der Waals surface area contributed by atoms with Gasteiger partial charge >= 0.3 is 12.1 Å². The van der Waals surface area contributed by atoms with Crippen molar-refractivity contribution in [3.05, 3.63) is 59.7 Å². The summed E-state index contributed by atoms with van der Waals surface area (Å²) in [7, 11) is 1.34. The first-order valence-corrected chi connectivity index (χ1v) is 11.6. The van der Waals surface area contributed by atoms with Crippen LogP contribution in [0.3, 0.4) is 0 Å². The highest BCUT2D eigenvalue weighted by Crippen LogP contribution is 2.54. The number of hydrogen-bond acceptors (Lipinski definition) is 5. The summed E-state index contributed by atoms with van der Waals surface area (Å²) < 4.78 is 10.5. The summed E-state index contributed by atoms with van der Waals surface area (Å²) in [4.78, 5) is 42.8. The third-order valence-electron chi connectivity index (χ3n) is 6.60. The van der Waals surface area contributed by atoms with Crippen molar-refractivity contribution in [1.82, 2.24) is 4.90 Å². The molecule has 0 unspecified atom stereocenters. The number of esters is 1. The summed E-state index contributed by atoms with van der Waals surface area (Å²) in [6.07, 6.45) is 0.121. The van der Waals surface area contributed by atoms with Crippen LogP contribution in [0.5, 0.6) is 0 Å². The number of para-hydroxylation sites is 1. The van der Waals surface area contributed by atoms with Gasteiger partial charge in [0.05, 0.1) is 29.8 Å². The van der Waals surface area contributed by atoms with Crippen molar-refractivity contribution in [2.24, 2.45) is 5.92 Å². The van der Waals surface area contributed by atoms with Crippen LogP contribution in [-0.4, -0.2) is 48.2 Å². The Bertz CT molecular complexity index is 1120. The van der Waals surface area contributed by atoms with Crippen molar-refractivity contribution < 1.29 is 23.9 Å². The maximum atomic E-state index is 14.3. The Labute approximate surface area is 200 Å². The molecule has 4 rings (SSSR count). The Kier molecular flexibility index (Phi) is 5.92. The molecule has 2 atom stereocenters. The van der Waals surface area contributed by atoms with E-state index in [1.807, 2.05) is 58.9 Å². The highest BCUT2D eigenvalue weighted by Gasteiger charge is 2.62. The summed E-state index contributed by atoms with van der Waals surface area (Å²) in [5.41, 5.74) is 1.30. The molecule has 7 heteroatoms. The van der Waals surface area contributed by atoms with E-state index in [0.717, 1.165) is 11.3 Å². The van der Waals surface area contributed by atoms with Crippen LogP contribution in [0, 0.1) is 5.92 Å². The first kappa shape index (κ1) is 23.8. The molecule has 2 aromatic rings. The molecule has 2 amide bonds. The Morgan fingerprint density at radius 1 is 1.06 bits per heavy atom. The van der Waals surface area contributed by atoms with E-state index in [9.17, 15) is 14.4 Å². The van der Waals surface area contributed by atoms with Crippen LogP contribution in [0.1, 0.15) is 57.0 Å². The average Bonchev–Trinajstić information content (AvgIpc) is 3.30. The Balaban J connectivity index is 1.79. The zero-order valence-electron chi connectivity index (χ0n) is 20.6. The molecule has 0 radical (unpaired) electrons. The predicted molar refractivity (Wildman–Crippen MR) is 129 cm³/mol. The number of benzene rings is 2. The number of fused-ring (bicyclic) bond motifs is 2. The van der Waals surface area contributed by atoms with Gasteiger partial charge in [-0.1, -0.05) is 32.0 Å². The SMILES string of the molecule is COC(=O)c1ccc(N2C(=O)[C@@]3(CCN(C(=O)OC(C)(C)C)[C@H]3C(C)C)c3ccccc32)cc1. The largest absolute Gasteiger partial charge is 0.465 e. The van der Waals surface area contributed by atoms with Crippen molar-refractivity contribution in [3.63, 3.8) is 0 Å². The molecule has 180 valence electrons. The maximum absolute atomic E-state index is 14.3. The van der Waals surface area contributed by atoms with Gasteiger partial charge in [0.1, 0.15) is 5.60 Å². The van der Waals surface area contributed by atoms with E-state index in [-0.39, 0.29) is 17.9 Å². The highest BCUT2D eigenvalue weighted by molar-refractivity contribution is 6.14. The summed E-state index contributed by atoms with van der Waals surface area (Å²) in [6, 6.07) is 14.2. The molecule has 0 saturated carbocycles. The van der Waals surface area contributed by atoms with Crippen LogP contribution in [-0.2, 0) is 19.7 Å². The monoisotopic (exact) mass is 464 g/mol. The summed E-state index contributed by atoms with van der Waals surface area (Å²) >= 11 is 0. The van der Waals surface area contributed by atoms with Gasteiger partial charge in [-0.25, -0.2) is 9.59 Å². The molecule has 2 aliphatic rings. The van der Waals surface area contributed by atoms with Gasteiger partial charge in [0, 0.05) is 12.2 Å². The summed E-state index contributed by atoms with van der Waals surface area (Å²) in [5, 5.41) is 0. The van der Waals surface area contributed by atoms with Gasteiger partial charge in [0.2, 0.25) is 5.91 Å². The number of carbonyl (C=O) groups is 3. The first-order valence-electron chi connectivity index (χ1n) is 11.6. The van der Waals surface area contributed by atoms with Crippen molar-refractivity contribution in [3.8, 4) is 0 Å². The van der Waals surface area contributed by atoms with Gasteiger partial charge in [0.15, 0.2) is 0 Å². The van der Waals surface area contributed by atoms with Gasteiger partial charge in [-0.2, -0.15) is 0 Å². The third kappa shape index (κ3) is 3.73. The van der Waals surface area contributed by atoms with E-state index in [2.05, 4.69) is 0 Å². The lowest BCUT2D eigenvalue weighted by Crippen LogP contribution is -2.53. The van der Waals surface area contributed by atoms with Gasteiger partial charge < -0.3 is 14.4 Å². The molecule has 2 aromatic carbocycles. The molecular formula is C27H32N2O5. The number of carbonyl (C=O) groups excluding carboxylic acids is 3. The number of ether oxygens (including phenoxy) is 2. The standard InChI is InChI=1S/C27H32N2O5/c1-17(2)22-27(15-16-28(22)25(32)34-26(3,4)5)20-9-7-8-10-21(20)29(24(27)31)19-13-11-18(12-14-19)23(30)33-6/h7-14,17,22H,15-16H2,1-6H3/t22-,27-/m0/s1. The van der Waals surface area contributed by atoms with Gasteiger partial charge in [-0.3, -0.25) is 9.69 Å². The molecule has 1 saturated heterocycles. The summed E-state index contributed by atoms with van der Waals surface area (Å²) in [5.74, 6) is -0.474. The lowest BCUT2D eigenvalue weighted by atomic mass is 9.71. The van der Waals surface area contributed by atoms with E-state index in [1.54, 1.807) is 34.1 Å². The molecule has 0 aromatic heterocycles. The Hall–Kier alpha value is -3.35. The minimum atomic E-state index is -0.872. The highest BCUT2D eigenvalue weighted by atomic mass is 16.6. The molecule has 0 N–H and O–H groups in total. The van der Waals surface area contributed by atoms with Crippen molar-refractivity contribution in [2.75, 3.05) is 18.6 Å². The molecule has 7 nitrogen and oxygen atoms in total. The molecule has 1 spiro atoms. The molecular weight excluding hydrogens is 432 g/mol. The number of hydrogen-bond donors (Lipinski definition) is 0. The average molecular weight is 465 g/mol.